The van der Waals surface area contributed by atoms with Crippen LogP contribution in [-0.4, -0.2) is 145 Å². The Bertz CT molecular complexity index is 2060. The van der Waals surface area contributed by atoms with Crippen LogP contribution >= 0.6 is 0 Å². The summed E-state index contributed by atoms with van der Waals surface area (Å²) in [6, 6.07) is 16.2. The van der Waals surface area contributed by atoms with Gasteiger partial charge in [-0.15, -0.1) is 0 Å². The molecular formula is C38H50N6O12S2. The third kappa shape index (κ3) is 11.0. The molecule has 0 radical (unpaired) electrons. The van der Waals surface area contributed by atoms with Crippen LogP contribution in [0.5, 0.6) is 0 Å². The van der Waals surface area contributed by atoms with Crippen LogP contribution in [0.1, 0.15) is 59.3 Å². The Labute approximate surface area is 338 Å². The standard InChI is InChI=1S/C21H29N3O6S.C17H21N3O6S/c1-21(2,3)30-19(26)11-14-31(28,29)22-12-9-16(10-13-22)23-15-18(25)24(20(23)27)17-7-5-4-6-8-17;21-15-12-19(17(24)20(15)14-4-2-1-3-5-14)13-6-9-18(10-7-13)27(25,26)11-8-16(22)23/h4-8,16H,9-15H2,1-3H3;1-5,13H,6-12H2,(H,22,23). The van der Waals surface area contributed by atoms with E-state index in [-0.39, 0.29) is 81.4 Å². The van der Waals surface area contributed by atoms with Crippen LogP contribution in [0.4, 0.5) is 21.0 Å². The van der Waals surface area contributed by atoms with Crippen molar-refractivity contribution in [1.82, 2.24) is 18.4 Å². The Morgan fingerprint density at radius 3 is 1.34 bits per heavy atom. The summed E-state index contributed by atoms with van der Waals surface area (Å²) in [6.45, 7) is 6.05. The van der Waals surface area contributed by atoms with Crippen molar-refractivity contribution >= 4 is 67.2 Å². The number of carbonyl (C=O) groups is 6. The minimum Gasteiger partial charge on any atom is -0.481 e. The fourth-order valence-electron chi connectivity index (χ4n) is 7.22. The monoisotopic (exact) mass is 846 g/mol. The maximum atomic E-state index is 12.8. The van der Waals surface area contributed by atoms with Crippen LogP contribution in [0.15, 0.2) is 60.7 Å². The number of rotatable bonds is 12. The van der Waals surface area contributed by atoms with Crippen molar-refractivity contribution in [3.8, 4) is 0 Å². The first-order valence-electron chi connectivity index (χ1n) is 19.0. The largest absolute Gasteiger partial charge is 0.481 e. The molecule has 20 heteroatoms. The first kappa shape index (κ1) is 44.2. The number of carboxylic acid groups (broad SMARTS) is 1. The molecule has 0 atom stereocenters. The van der Waals surface area contributed by atoms with E-state index in [1.807, 2.05) is 6.07 Å². The predicted molar refractivity (Wildman–Crippen MR) is 212 cm³/mol. The lowest BCUT2D eigenvalue weighted by molar-refractivity contribution is -0.154. The van der Waals surface area contributed by atoms with Crippen LogP contribution < -0.4 is 9.80 Å². The van der Waals surface area contributed by atoms with Crippen molar-refractivity contribution in [2.75, 3.05) is 60.6 Å². The molecule has 0 bridgehead atoms. The number of ether oxygens (including phenoxy) is 1. The van der Waals surface area contributed by atoms with Gasteiger partial charge in [0.05, 0.1) is 35.7 Å². The molecule has 6 amide bonds. The zero-order chi connectivity index (χ0) is 42.4. The fraction of sp³-hybridized carbons (Fsp3) is 0.526. The number of benzene rings is 2. The Morgan fingerprint density at radius 2 is 1.00 bits per heavy atom. The number of nitrogens with zero attached hydrogens (tertiary/aromatic N) is 6. The molecule has 0 saturated carbocycles. The molecule has 316 valence electrons. The first-order valence-corrected chi connectivity index (χ1v) is 22.3. The van der Waals surface area contributed by atoms with Crippen LogP contribution in [0.3, 0.4) is 0 Å². The summed E-state index contributed by atoms with van der Waals surface area (Å²) in [5, 5.41) is 8.67. The molecule has 2 aromatic carbocycles. The summed E-state index contributed by atoms with van der Waals surface area (Å²) >= 11 is 0. The molecule has 18 nitrogen and oxygen atoms in total. The topological polar surface area (TPSA) is 220 Å². The average Bonchev–Trinajstić information content (AvgIpc) is 3.65. The van der Waals surface area contributed by atoms with Gasteiger partial charge in [0.15, 0.2) is 0 Å². The van der Waals surface area contributed by atoms with E-state index in [0.29, 0.717) is 37.1 Å². The second-order valence-electron chi connectivity index (χ2n) is 15.3. The average molecular weight is 847 g/mol. The van der Waals surface area contributed by atoms with E-state index in [0.717, 1.165) is 4.90 Å². The lowest BCUT2D eigenvalue weighted by Crippen LogP contribution is -2.48. The van der Waals surface area contributed by atoms with Crippen LogP contribution in [0.25, 0.3) is 0 Å². The van der Waals surface area contributed by atoms with E-state index in [9.17, 15) is 45.6 Å². The molecule has 0 aromatic heterocycles. The lowest BCUT2D eigenvalue weighted by Gasteiger charge is -2.35. The number of piperidine rings is 2. The number of para-hydroxylation sites is 2. The second kappa shape index (κ2) is 18.3. The molecule has 1 N–H and O–H groups in total. The highest BCUT2D eigenvalue weighted by atomic mass is 32.2. The molecule has 4 aliphatic rings. The maximum absolute atomic E-state index is 12.8. The summed E-state index contributed by atoms with van der Waals surface area (Å²) in [6.07, 6.45) is 1.06. The number of carbonyl (C=O) groups excluding carboxylic acids is 5. The van der Waals surface area contributed by atoms with Gasteiger partial charge in [-0.2, -0.15) is 0 Å². The minimum absolute atomic E-state index is 0.0101. The molecule has 4 aliphatic heterocycles. The van der Waals surface area contributed by atoms with Crippen molar-refractivity contribution in [2.24, 2.45) is 0 Å². The number of anilines is 2. The molecule has 58 heavy (non-hydrogen) atoms. The Morgan fingerprint density at radius 1 is 0.638 bits per heavy atom. The van der Waals surface area contributed by atoms with Crippen molar-refractivity contribution in [3.63, 3.8) is 0 Å². The van der Waals surface area contributed by atoms with Gasteiger partial charge in [0.2, 0.25) is 20.0 Å². The van der Waals surface area contributed by atoms with Gasteiger partial charge in [-0.1, -0.05) is 36.4 Å². The number of imide groups is 2. The van der Waals surface area contributed by atoms with E-state index in [2.05, 4.69) is 0 Å². The van der Waals surface area contributed by atoms with Gasteiger partial charge in [-0.25, -0.2) is 44.8 Å². The lowest BCUT2D eigenvalue weighted by atomic mass is 10.1. The Hall–Kier alpha value is -4.92. The quantitative estimate of drug-likeness (QED) is 0.241. The van der Waals surface area contributed by atoms with Gasteiger partial charge in [0.25, 0.3) is 11.8 Å². The number of hydrogen-bond acceptors (Lipinski definition) is 11. The van der Waals surface area contributed by atoms with Gasteiger partial charge in [0.1, 0.15) is 18.7 Å². The number of urea groups is 2. The van der Waals surface area contributed by atoms with Gasteiger partial charge in [-0.05, 0) is 70.7 Å². The Kier molecular flexibility index (Phi) is 14.0. The number of aliphatic carboxylic acids is 1. The molecule has 2 aromatic rings. The van der Waals surface area contributed by atoms with Crippen LogP contribution in [0, 0.1) is 0 Å². The molecular weight excluding hydrogens is 797 g/mol. The van der Waals surface area contributed by atoms with E-state index in [1.165, 1.54) is 23.3 Å². The molecule has 0 spiro atoms. The molecule has 6 rings (SSSR count). The molecule has 0 aliphatic carbocycles. The SMILES string of the molecule is CC(C)(C)OC(=O)CCS(=O)(=O)N1CCC(N2CC(=O)N(c3ccccc3)C2=O)CC1.O=C(O)CCS(=O)(=O)N1CCC(N2CC(=O)N(c3ccccc3)C2=O)CC1. The van der Waals surface area contributed by atoms with Crippen molar-refractivity contribution in [2.45, 2.75) is 77.0 Å². The third-order valence-electron chi connectivity index (χ3n) is 10.1. The zero-order valence-corrected chi connectivity index (χ0v) is 34.4. The smallest absolute Gasteiger partial charge is 0.332 e. The second-order valence-corrected chi connectivity index (χ2v) is 19.5. The summed E-state index contributed by atoms with van der Waals surface area (Å²) in [4.78, 5) is 78.1. The van der Waals surface area contributed by atoms with E-state index in [1.54, 1.807) is 75.4 Å². The first-order chi connectivity index (χ1) is 27.3. The van der Waals surface area contributed by atoms with Gasteiger partial charge < -0.3 is 19.6 Å². The van der Waals surface area contributed by atoms with E-state index in [4.69, 9.17) is 9.84 Å². The highest BCUT2D eigenvalue weighted by molar-refractivity contribution is 7.89. The van der Waals surface area contributed by atoms with Crippen molar-refractivity contribution < 1.29 is 55.4 Å². The zero-order valence-electron chi connectivity index (χ0n) is 32.8. The molecule has 4 heterocycles. The Balaban J connectivity index is 0.000000223. The molecule has 0 unspecified atom stereocenters. The van der Waals surface area contributed by atoms with Gasteiger partial charge >= 0.3 is 24.0 Å². The summed E-state index contributed by atoms with van der Waals surface area (Å²) in [5.41, 5.74) is 0.387. The summed E-state index contributed by atoms with van der Waals surface area (Å²) in [5.74, 6) is -3.04. The normalized spacial score (nSPS) is 19.4. The number of amides is 6. The molecule has 4 saturated heterocycles. The fourth-order valence-corrected chi connectivity index (χ4v) is 10.1. The van der Waals surface area contributed by atoms with Crippen LogP contribution in [-0.2, 0) is 44.0 Å². The highest BCUT2D eigenvalue weighted by Gasteiger charge is 2.44. The maximum Gasteiger partial charge on any atom is 0.332 e. The van der Waals surface area contributed by atoms with Gasteiger partial charge in [-0.3, -0.25) is 19.2 Å². The van der Waals surface area contributed by atoms with Crippen molar-refractivity contribution in [1.29, 1.82) is 0 Å². The van der Waals surface area contributed by atoms with E-state index >= 15 is 0 Å². The van der Waals surface area contributed by atoms with E-state index < -0.39 is 55.8 Å². The number of esters is 1. The number of hydrogen-bond donors (Lipinski definition) is 1. The third-order valence-corrected chi connectivity index (χ3v) is 13.8. The number of carboxylic acids is 1. The minimum atomic E-state index is -3.63. The summed E-state index contributed by atoms with van der Waals surface area (Å²) in [7, 11) is -7.24. The van der Waals surface area contributed by atoms with Crippen LogP contribution in [0.2, 0.25) is 0 Å². The summed E-state index contributed by atoms with van der Waals surface area (Å²) < 4.78 is 57.4. The molecule has 4 fully saturated rings. The van der Waals surface area contributed by atoms with Crippen molar-refractivity contribution in [3.05, 3.63) is 60.7 Å². The number of sulfonamides is 2. The predicted octanol–water partition coefficient (Wildman–Crippen LogP) is 2.71. The van der Waals surface area contributed by atoms with Gasteiger partial charge in [0, 0.05) is 38.3 Å². The highest BCUT2D eigenvalue weighted by Crippen LogP contribution is 2.29.